The van der Waals surface area contributed by atoms with E-state index >= 15 is 0 Å². The van der Waals surface area contributed by atoms with Crippen LogP contribution in [0.4, 0.5) is 0 Å². The normalized spacial score (nSPS) is 6.29. The summed E-state index contributed by atoms with van der Waals surface area (Å²) in [5.74, 6) is -2.56. The zero-order valence-electron chi connectivity index (χ0n) is 9.75. The molecular formula is C8H18N2O7. The van der Waals surface area contributed by atoms with E-state index in [1.165, 1.54) is 0 Å². The summed E-state index contributed by atoms with van der Waals surface area (Å²) in [4.78, 5) is 27.0. The van der Waals surface area contributed by atoms with Gasteiger partial charge in [0.2, 0.25) is 0 Å². The molecule has 9 heteroatoms. The van der Waals surface area contributed by atoms with Crippen molar-refractivity contribution in [3.8, 4) is 0 Å². The Morgan fingerprint density at radius 1 is 0.824 bits per heavy atom. The Morgan fingerprint density at radius 3 is 0.882 bits per heavy atom. The topological polar surface area (TPSA) is 184 Å². The Morgan fingerprint density at radius 2 is 0.882 bits per heavy atom. The largest absolute Gasteiger partial charge is 0.512 e. The van der Waals surface area contributed by atoms with Crippen LogP contribution in [0, 0.1) is 0 Å². The van der Waals surface area contributed by atoms with Crippen molar-refractivity contribution in [3.05, 3.63) is 12.1 Å². The summed E-state index contributed by atoms with van der Waals surface area (Å²) >= 11 is 0. The summed E-state index contributed by atoms with van der Waals surface area (Å²) in [7, 11) is 0. The predicted octanol–water partition coefficient (Wildman–Crippen LogP) is -0.467. The first-order valence-corrected chi connectivity index (χ1v) is 3.91. The van der Waals surface area contributed by atoms with E-state index < -0.39 is 17.9 Å². The van der Waals surface area contributed by atoms with Gasteiger partial charge < -0.3 is 31.9 Å². The van der Waals surface area contributed by atoms with Gasteiger partial charge in [0.25, 0.3) is 17.9 Å². The molecule has 0 aliphatic rings. The van der Waals surface area contributed by atoms with E-state index in [0.29, 0.717) is 6.26 Å². The highest BCUT2D eigenvalue weighted by atomic mass is 16.4. The Kier molecular flexibility index (Phi) is 27.1. The van der Waals surface area contributed by atoms with E-state index in [2.05, 4.69) is 11.5 Å². The van der Waals surface area contributed by atoms with Gasteiger partial charge in [-0.2, -0.15) is 0 Å². The van der Waals surface area contributed by atoms with Crippen molar-refractivity contribution >= 4 is 17.9 Å². The molecule has 0 aromatic carbocycles. The van der Waals surface area contributed by atoms with Gasteiger partial charge in [0.1, 0.15) is 12.1 Å². The van der Waals surface area contributed by atoms with E-state index in [0.717, 1.165) is 20.8 Å². The molecule has 0 aromatic heterocycles. The fraction of sp³-hybridized carbons (Fsp3) is 0.375. The second kappa shape index (κ2) is 19.2. The first kappa shape index (κ1) is 24.0. The molecule has 0 unspecified atom stereocenters. The molecule has 102 valence electrons. The number of hydrogen-bond acceptors (Lipinski definition) is 6. The molecule has 8 N–H and O–H groups in total. The van der Waals surface area contributed by atoms with Crippen LogP contribution in [0.3, 0.4) is 0 Å². The number of nitrogens with two attached hydrogens (primary N) is 2. The van der Waals surface area contributed by atoms with Gasteiger partial charge >= 0.3 is 0 Å². The third kappa shape index (κ3) is 8930. The van der Waals surface area contributed by atoms with Crippen LogP contribution in [-0.4, -0.2) is 38.3 Å². The fourth-order valence-corrected chi connectivity index (χ4v) is 0. The molecule has 0 atom stereocenters. The average molecular weight is 254 g/mol. The van der Waals surface area contributed by atoms with Crippen molar-refractivity contribution in [1.29, 1.82) is 0 Å². The molecule has 0 aliphatic heterocycles. The lowest BCUT2D eigenvalue weighted by Crippen LogP contribution is -2.06. The van der Waals surface area contributed by atoms with E-state index in [4.69, 9.17) is 34.8 Å². The van der Waals surface area contributed by atoms with Crippen LogP contribution in [0.2, 0.25) is 0 Å². The highest BCUT2D eigenvalue weighted by Gasteiger charge is 1.66. The van der Waals surface area contributed by atoms with E-state index in [-0.39, 0.29) is 5.82 Å². The zero-order chi connectivity index (χ0) is 15.0. The monoisotopic (exact) mass is 254 g/mol. The summed E-state index contributed by atoms with van der Waals surface area (Å²) in [6.45, 7) is 3.25. The standard InChI is InChI=1S/C2H6N2O.3C2H4O2/c3-2(4)1-5;3*1-2(3)4/h1,5H,3-4H2;3*1H3,(H,3,4). The maximum Gasteiger partial charge on any atom is 0.300 e. The second-order valence-electron chi connectivity index (χ2n) is 2.19. The quantitative estimate of drug-likeness (QED) is 0.311. The lowest BCUT2D eigenvalue weighted by atomic mass is 10.9. The molecule has 0 fully saturated rings. The lowest BCUT2D eigenvalue weighted by molar-refractivity contribution is -0.135. The van der Waals surface area contributed by atoms with Gasteiger partial charge in [0, 0.05) is 20.8 Å². The van der Waals surface area contributed by atoms with Crippen molar-refractivity contribution in [3.63, 3.8) is 0 Å². The highest BCUT2D eigenvalue weighted by molar-refractivity contribution is 5.63. The minimum atomic E-state index is -0.833. The third-order valence-corrected chi connectivity index (χ3v) is 0.149. The molecule has 0 heterocycles. The van der Waals surface area contributed by atoms with E-state index in [1.807, 2.05) is 0 Å². The number of rotatable bonds is 0. The summed E-state index contributed by atoms with van der Waals surface area (Å²) in [5.41, 5.74) is 9.36. The number of aliphatic hydroxyl groups is 1. The third-order valence-electron chi connectivity index (χ3n) is 0.149. The molecule has 9 nitrogen and oxygen atoms in total. The van der Waals surface area contributed by atoms with Crippen molar-refractivity contribution in [1.82, 2.24) is 0 Å². The number of carboxylic acids is 3. The highest BCUT2D eigenvalue weighted by Crippen LogP contribution is 1.54. The van der Waals surface area contributed by atoms with Gasteiger partial charge in [-0.3, -0.25) is 14.4 Å². The van der Waals surface area contributed by atoms with Crippen molar-refractivity contribution in [2.24, 2.45) is 11.5 Å². The smallest absolute Gasteiger partial charge is 0.300 e. The summed E-state index contributed by atoms with van der Waals surface area (Å²) in [5, 5.41) is 30.0. The summed E-state index contributed by atoms with van der Waals surface area (Å²) < 4.78 is 0. The minimum absolute atomic E-state index is 0.0648. The molecule has 0 spiro atoms. The number of hydrogen-bond donors (Lipinski definition) is 6. The predicted molar refractivity (Wildman–Crippen MR) is 59.0 cm³/mol. The Balaban J connectivity index is -0.0000000667. The molecule has 0 radical (unpaired) electrons. The van der Waals surface area contributed by atoms with Crippen molar-refractivity contribution in [2.75, 3.05) is 0 Å². The lowest BCUT2D eigenvalue weighted by Gasteiger charge is -1.77. The molecule has 0 aromatic rings. The Bertz CT molecular complexity index is 206. The average Bonchev–Trinajstić information content (AvgIpc) is 2.00. The minimum Gasteiger partial charge on any atom is -0.512 e. The Hall–Kier alpha value is -2.45. The van der Waals surface area contributed by atoms with Crippen LogP contribution < -0.4 is 11.5 Å². The van der Waals surface area contributed by atoms with Gasteiger partial charge in [-0.25, -0.2) is 0 Å². The van der Waals surface area contributed by atoms with Crippen LogP contribution in [0.1, 0.15) is 20.8 Å². The van der Waals surface area contributed by atoms with Crippen molar-refractivity contribution < 1.29 is 34.8 Å². The van der Waals surface area contributed by atoms with Gasteiger partial charge in [-0.1, -0.05) is 0 Å². The van der Waals surface area contributed by atoms with Gasteiger partial charge in [-0.05, 0) is 0 Å². The van der Waals surface area contributed by atoms with Gasteiger partial charge in [0.15, 0.2) is 0 Å². The maximum atomic E-state index is 9.00. The molecule has 0 aliphatic carbocycles. The Labute approximate surface area is 98.0 Å². The number of carboxylic acid groups (broad SMARTS) is 3. The second-order valence-corrected chi connectivity index (χ2v) is 2.19. The maximum absolute atomic E-state index is 9.00. The first-order valence-electron chi connectivity index (χ1n) is 3.91. The zero-order valence-corrected chi connectivity index (χ0v) is 9.75. The van der Waals surface area contributed by atoms with Gasteiger partial charge in [0.05, 0.1) is 0 Å². The molecule has 17 heavy (non-hydrogen) atoms. The first-order chi connectivity index (χ1) is 7.47. The van der Waals surface area contributed by atoms with Gasteiger partial charge in [-0.15, -0.1) is 0 Å². The summed E-state index contributed by atoms with van der Waals surface area (Å²) in [6.07, 6.45) is 0.639. The van der Waals surface area contributed by atoms with Crippen LogP contribution in [-0.2, 0) is 14.4 Å². The number of carbonyl (C=O) groups is 3. The van der Waals surface area contributed by atoms with E-state index in [9.17, 15) is 0 Å². The van der Waals surface area contributed by atoms with Crippen LogP contribution in [0.15, 0.2) is 12.1 Å². The number of aliphatic hydroxyl groups excluding tert-OH is 1. The van der Waals surface area contributed by atoms with Crippen molar-refractivity contribution in [2.45, 2.75) is 20.8 Å². The van der Waals surface area contributed by atoms with Crippen LogP contribution in [0.25, 0.3) is 0 Å². The number of aliphatic carboxylic acids is 3. The molecule has 0 saturated heterocycles. The molecule has 0 bridgehead atoms. The molecule has 0 amide bonds. The van der Waals surface area contributed by atoms with E-state index in [1.54, 1.807) is 0 Å². The molecular weight excluding hydrogens is 236 g/mol. The fourth-order valence-electron chi connectivity index (χ4n) is 0. The SMILES string of the molecule is CC(=O)O.CC(=O)O.CC(=O)O.NC(N)=CO. The van der Waals surface area contributed by atoms with Crippen LogP contribution >= 0.6 is 0 Å². The van der Waals surface area contributed by atoms with Crippen LogP contribution in [0.5, 0.6) is 0 Å². The molecule has 0 saturated carbocycles. The molecule has 0 rings (SSSR count). The summed E-state index contributed by atoms with van der Waals surface area (Å²) in [6, 6.07) is 0.